The average molecular weight is 406 g/mol. The van der Waals surface area contributed by atoms with E-state index in [0.29, 0.717) is 18.7 Å². The molecule has 156 valence electrons. The molecule has 0 unspecified atom stereocenters. The Balaban J connectivity index is 1.45. The molecule has 1 saturated heterocycles. The number of carbonyl (C=O) groups is 1. The minimum Gasteiger partial charge on any atom is -0.370 e. The number of nitrogens with zero attached hydrogens (tertiary/aromatic N) is 6. The second-order valence-corrected chi connectivity index (χ2v) is 7.36. The lowest BCUT2D eigenvalue weighted by Crippen LogP contribution is -2.49. The normalized spacial score (nSPS) is 14.1. The molecule has 8 heteroatoms. The van der Waals surface area contributed by atoms with E-state index < -0.39 is 0 Å². The van der Waals surface area contributed by atoms with Gasteiger partial charge in [-0.05, 0) is 32.9 Å². The predicted molar refractivity (Wildman–Crippen MR) is 117 cm³/mol. The van der Waals surface area contributed by atoms with Gasteiger partial charge in [-0.25, -0.2) is 14.6 Å². The van der Waals surface area contributed by atoms with Gasteiger partial charge in [-0.1, -0.05) is 18.2 Å². The van der Waals surface area contributed by atoms with Crippen LogP contribution in [0.4, 0.5) is 11.6 Å². The van der Waals surface area contributed by atoms with Crippen molar-refractivity contribution in [2.45, 2.75) is 20.8 Å². The van der Waals surface area contributed by atoms with E-state index >= 15 is 0 Å². The van der Waals surface area contributed by atoms with Gasteiger partial charge in [-0.15, -0.1) is 0 Å². The molecule has 1 fully saturated rings. The molecule has 3 heterocycles. The van der Waals surface area contributed by atoms with Gasteiger partial charge in [0.05, 0.1) is 23.1 Å². The molecule has 0 bridgehead atoms. The number of carbonyl (C=O) groups excluding carboxylic acids is 1. The number of benzene rings is 1. The lowest BCUT2D eigenvalue weighted by atomic mass is 10.2. The van der Waals surface area contributed by atoms with Gasteiger partial charge < -0.3 is 15.1 Å². The molecule has 1 amide bonds. The van der Waals surface area contributed by atoms with Gasteiger partial charge in [0.15, 0.2) is 0 Å². The number of hydrogen-bond donors (Lipinski definition) is 1. The summed E-state index contributed by atoms with van der Waals surface area (Å²) in [6.45, 7) is 9.46. The third-order valence-electron chi connectivity index (χ3n) is 5.31. The number of aromatic nitrogens is 4. The summed E-state index contributed by atoms with van der Waals surface area (Å²) in [4.78, 5) is 26.2. The zero-order valence-electron chi connectivity index (χ0n) is 17.7. The van der Waals surface area contributed by atoms with Crippen LogP contribution < -0.4 is 10.2 Å². The SMILES string of the molecule is CCNc1cc(N2CCN(C(=O)c3cnn(-c4ccccc4)c3C)CC2)nc(C)n1. The van der Waals surface area contributed by atoms with E-state index in [9.17, 15) is 4.79 Å². The molecule has 1 aliphatic rings. The molecule has 8 nitrogen and oxygen atoms in total. The molecule has 0 saturated carbocycles. The summed E-state index contributed by atoms with van der Waals surface area (Å²) in [6.07, 6.45) is 1.67. The summed E-state index contributed by atoms with van der Waals surface area (Å²) in [5, 5.41) is 7.68. The van der Waals surface area contributed by atoms with Crippen molar-refractivity contribution in [3.05, 3.63) is 59.7 Å². The maximum absolute atomic E-state index is 13.1. The molecule has 3 aromatic rings. The molecule has 2 aromatic heterocycles. The van der Waals surface area contributed by atoms with Gasteiger partial charge in [0.25, 0.3) is 5.91 Å². The maximum Gasteiger partial charge on any atom is 0.257 e. The number of rotatable bonds is 5. The summed E-state index contributed by atoms with van der Waals surface area (Å²) >= 11 is 0. The largest absolute Gasteiger partial charge is 0.370 e. The van der Waals surface area contributed by atoms with Gasteiger partial charge in [0, 0.05) is 38.8 Å². The zero-order chi connectivity index (χ0) is 21.1. The topological polar surface area (TPSA) is 79.2 Å². The first-order chi connectivity index (χ1) is 14.6. The zero-order valence-corrected chi connectivity index (χ0v) is 17.7. The van der Waals surface area contributed by atoms with Gasteiger partial charge >= 0.3 is 0 Å². The first-order valence-electron chi connectivity index (χ1n) is 10.3. The van der Waals surface area contributed by atoms with Crippen molar-refractivity contribution in [2.24, 2.45) is 0 Å². The lowest BCUT2D eigenvalue weighted by Gasteiger charge is -2.35. The number of hydrogen-bond acceptors (Lipinski definition) is 6. The molecule has 0 radical (unpaired) electrons. The monoisotopic (exact) mass is 405 g/mol. The third-order valence-corrected chi connectivity index (χ3v) is 5.31. The highest BCUT2D eigenvalue weighted by Gasteiger charge is 2.26. The Morgan fingerprint density at radius 3 is 2.50 bits per heavy atom. The van der Waals surface area contributed by atoms with Crippen LogP contribution in [0, 0.1) is 13.8 Å². The van der Waals surface area contributed by atoms with Crippen molar-refractivity contribution >= 4 is 17.5 Å². The number of anilines is 2. The molecule has 0 atom stereocenters. The molecule has 4 rings (SSSR count). The van der Waals surface area contributed by atoms with Crippen LogP contribution in [-0.4, -0.2) is 63.3 Å². The Bertz CT molecular complexity index is 1020. The Labute approximate surface area is 176 Å². The highest BCUT2D eigenvalue weighted by molar-refractivity contribution is 5.95. The van der Waals surface area contributed by atoms with Crippen LogP contribution in [0.15, 0.2) is 42.6 Å². The first kappa shape index (κ1) is 19.9. The predicted octanol–water partition coefficient (Wildman–Crippen LogP) is 2.67. The smallest absolute Gasteiger partial charge is 0.257 e. The summed E-state index contributed by atoms with van der Waals surface area (Å²) in [7, 11) is 0. The number of aryl methyl sites for hydroxylation is 1. The van der Waals surface area contributed by atoms with Crippen molar-refractivity contribution < 1.29 is 4.79 Å². The van der Waals surface area contributed by atoms with E-state index in [2.05, 4.69) is 25.3 Å². The molecule has 1 aromatic carbocycles. The van der Waals surface area contributed by atoms with Crippen LogP contribution in [0.1, 0.15) is 28.8 Å². The molecule has 30 heavy (non-hydrogen) atoms. The van der Waals surface area contributed by atoms with E-state index in [-0.39, 0.29) is 5.91 Å². The standard InChI is InChI=1S/C22H27N7O/c1-4-23-20-14-21(26-17(3)25-20)27-10-12-28(13-11-27)22(30)19-15-24-29(16(19)2)18-8-6-5-7-9-18/h5-9,14-15H,4,10-13H2,1-3H3,(H,23,25,26). The van der Waals surface area contributed by atoms with Crippen molar-refractivity contribution in [2.75, 3.05) is 42.9 Å². The minimum atomic E-state index is 0.0292. The third kappa shape index (κ3) is 3.98. The lowest BCUT2D eigenvalue weighted by molar-refractivity contribution is 0.0745. The van der Waals surface area contributed by atoms with Crippen LogP contribution in [0.5, 0.6) is 0 Å². The Morgan fingerprint density at radius 2 is 1.80 bits per heavy atom. The number of amides is 1. The molecule has 1 aliphatic heterocycles. The van der Waals surface area contributed by atoms with Crippen molar-refractivity contribution in [1.82, 2.24) is 24.6 Å². The van der Waals surface area contributed by atoms with Crippen LogP contribution in [0.25, 0.3) is 5.69 Å². The number of piperazine rings is 1. The van der Waals surface area contributed by atoms with Crippen LogP contribution in [0.3, 0.4) is 0 Å². The van der Waals surface area contributed by atoms with Gasteiger partial charge in [0.1, 0.15) is 17.5 Å². The van der Waals surface area contributed by atoms with Gasteiger partial charge in [0.2, 0.25) is 0 Å². The van der Waals surface area contributed by atoms with Crippen molar-refractivity contribution in [3.8, 4) is 5.69 Å². The molecule has 0 spiro atoms. The molecule has 1 N–H and O–H groups in total. The summed E-state index contributed by atoms with van der Waals surface area (Å²) in [5.41, 5.74) is 2.46. The molecular weight excluding hydrogens is 378 g/mol. The second kappa shape index (κ2) is 8.52. The number of nitrogens with one attached hydrogen (secondary N) is 1. The van der Waals surface area contributed by atoms with Gasteiger partial charge in [-0.2, -0.15) is 5.10 Å². The fourth-order valence-electron chi connectivity index (χ4n) is 3.74. The fraction of sp³-hybridized carbons (Fsp3) is 0.364. The molecule has 0 aliphatic carbocycles. The van der Waals surface area contributed by atoms with E-state index in [0.717, 1.165) is 48.5 Å². The van der Waals surface area contributed by atoms with E-state index in [4.69, 9.17) is 0 Å². The van der Waals surface area contributed by atoms with Crippen molar-refractivity contribution in [1.29, 1.82) is 0 Å². The quantitative estimate of drug-likeness (QED) is 0.703. The van der Waals surface area contributed by atoms with Crippen LogP contribution in [-0.2, 0) is 0 Å². The van der Waals surface area contributed by atoms with E-state index in [1.165, 1.54) is 0 Å². The minimum absolute atomic E-state index is 0.0292. The summed E-state index contributed by atoms with van der Waals surface area (Å²) in [6, 6.07) is 11.8. The summed E-state index contributed by atoms with van der Waals surface area (Å²) < 4.78 is 1.81. The van der Waals surface area contributed by atoms with Gasteiger partial charge in [-0.3, -0.25) is 4.79 Å². The summed E-state index contributed by atoms with van der Waals surface area (Å²) in [5.74, 6) is 2.51. The van der Waals surface area contributed by atoms with Crippen LogP contribution in [0.2, 0.25) is 0 Å². The fourth-order valence-corrected chi connectivity index (χ4v) is 3.74. The highest BCUT2D eigenvalue weighted by Crippen LogP contribution is 2.20. The number of para-hydroxylation sites is 1. The Hall–Kier alpha value is -3.42. The Kier molecular flexibility index (Phi) is 5.65. The molecular formula is C22H27N7O. The van der Waals surface area contributed by atoms with E-state index in [1.807, 2.05) is 66.8 Å². The maximum atomic E-state index is 13.1. The Morgan fingerprint density at radius 1 is 1.07 bits per heavy atom. The van der Waals surface area contributed by atoms with E-state index in [1.54, 1.807) is 6.20 Å². The highest BCUT2D eigenvalue weighted by atomic mass is 16.2. The van der Waals surface area contributed by atoms with Crippen molar-refractivity contribution in [3.63, 3.8) is 0 Å². The average Bonchev–Trinajstić information content (AvgIpc) is 3.15. The van der Waals surface area contributed by atoms with Crippen LogP contribution >= 0.6 is 0 Å². The second-order valence-electron chi connectivity index (χ2n) is 7.36. The first-order valence-corrected chi connectivity index (χ1v) is 10.3.